The number of nitrogens with two attached hydrogens (primary N) is 1. The second-order valence-corrected chi connectivity index (χ2v) is 5.51. The molecule has 3 nitrogen and oxygen atoms in total. The Morgan fingerprint density at radius 2 is 1.83 bits per heavy atom. The van der Waals surface area contributed by atoms with Crippen LogP contribution in [0.5, 0.6) is 0 Å². The monoisotopic (exact) mass is 250 g/mol. The average Bonchev–Trinajstić information content (AvgIpc) is 2.27. The molecule has 1 rings (SSSR count). The molecule has 1 aromatic carbocycles. The van der Waals surface area contributed by atoms with Crippen molar-refractivity contribution < 1.29 is 4.74 Å². The van der Waals surface area contributed by atoms with Crippen LogP contribution in [0.25, 0.3) is 0 Å². The van der Waals surface area contributed by atoms with Gasteiger partial charge in [0.15, 0.2) is 0 Å². The minimum Gasteiger partial charge on any atom is -0.397 e. The van der Waals surface area contributed by atoms with Gasteiger partial charge in [-0.3, -0.25) is 0 Å². The summed E-state index contributed by atoms with van der Waals surface area (Å²) in [6.45, 7) is 11.0. The maximum Gasteiger partial charge on any atom is 0.0648 e. The maximum absolute atomic E-state index is 6.03. The molecule has 0 heterocycles. The molecule has 0 aromatic heterocycles. The zero-order chi connectivity index (χ0) is 13.6. The SMILES string of the molecule is CCCN(CCOC(C)(C)C)c1ccccc1N. The van der Waals surface area contributed by atoms with Crippen molar-refractivity contribution in [3.63, 3.8) is 0 Å². The molecule has 0 aliphatic carbocycles. The lowest BCUT2D eigenvalue weighted by molar-refractivity contribution is 0.00137. The van der Waals surface area contributed by atoms with Crippen LogP contribution in [-0.2, 0) is 4.74 Å². The van der Waals surface area contributed by atoms with Gasteiger partial charge in [0.05, 0.1) is 23.6 Å². The Balaban J connectivity index is 2.63. The summed E-state index contributed by atoms with van der Waals surface area (Å²) in [7, 11) is 0. The molecular formula is C15H26N2O. The highest BCUT2D eigenvalue weighted by Gasteiger charge is 2.12. The largest absolute Gasteiger partial charge is 0.397 e. The van der Waals surface area contributed by atoms with Crippen molar-refractivity contribution in [2.45, 2.75) is 39.7 Å². The zero-order valence-corrected chi connectivity index (χ0v) is 12.1. The number of para-hydroxylation sites is 2. The molecule has 0 atom stereocenters. The molecule has 3 heteroatoms. The fourth-order valence-electron chi connectivity index (χ4n) is 1.86. The molecule has 18 heavy (non-hydrogen) atoms. The van der Waals surface area contributed by atoms with Gasteiger partial charge in [0.1, 0.15) is 0 Å². The van der Waals surface area contributed by atoms with Gasteiger partial charge in [0, 0.05) is 13.1 Å². The first-order valence-corrected chi connectivity index (χ1v) is 6.67. The van der Waals surface area contributed by atoms with Crippen LogP contribution >= 0.6 is 0 Å². The minimum atomic E-state index is -0.0832. The quantitative estimate of drug-likeness (QED) is 0.787. The van der Waals surface area contributed by atoms with Gasteiger partial charge in [-0.05, 0) is 39.3 Å². The molecule has 102 valence electrons. The molecule has 0 fully saturated rings. The highest BCUT2D eigenvalue weighted by Crippen LogP contribution is 2.22. The Kier molecular flexibility index (Phi) is 5.48. The van der Waals surface area contributed by atoms with Crippen LogP contribution in [0.15, 0.2) is 24.3 Å². The van der Waals surface area contributed by atoms with Crippen LogP contribution in [0.4, 0.5) is 11.4 Å². The highest BCUT2D eigenvalue weighted by atomic mass is 16.5. The number of ether oxygens (including phenoxy) is 1. The van der Waals surface area contributed by atoms with Gasteiger partial charge in [0.2, 0.25) is 0 Å². The maximum atomic E-state index is 6.03. The molecule has 0 spiro atoms. The summed E-state index contributed by atoms with van der Waals surface area (Å²) in [6.07, 6.45) is 1.10. The molecule has 0 saturated heterocycles. The molecular weight excluding hydrogens is 224 g/mol. The number of nitrogens with zero attached hydrogens (tertiary/aromatic N) is 1. The van der Waals surface area contributed by atoms with Crippen LogP contribution in [0.2, 0.25) is 0 Å². The van der Waals surface area contributed by atoms with Crippen LogP contribution in [0.3, 0.4) is 0 Å². The van der Waals surface area contributed by atoms with Crippen LogP contribution in [-0.4, -0.2) is 25.3 Å². The summed E-state index contributed by atoms with van der Waals surface area (Å²) in [5.41, 5.74) is 7.89. The lowest BCUT2D eigenvalue weighted by Gasteiger charge is -2.28. The van der Waals surface area contributed by atoms with Crippen molar-refractivity contribution >= 4 is 11.4 Å². The van der Waals surface area contributed by atoms with E-state index >= 15 is 0 Å². The summed E-state index contributed by atoms with van der Waals surface area (Å²) >= 11 is 0. The third-order valence-electron chi connectivity index (χ3n) is 2.67. The number of rotatable bonds is 6. The second-order valence-electron chi connectivity index (χ2n) is 5.51. The van der Waals surface area contributed by atoms with E-state index in [1.54, 1.807) is 0 Å². The summed E-state index contributed by atoms with van der Waals surface area (Å²) in [5, 5.41) is 0. The molecule has 0 aliphatic heterocycles. The van der Waals surface area contributed by atoms with Gasteiger partial charge in [-0.1, -0.05) is 19.1 Å². The van der Waals surface area contributed by atoms with E-state index in [2.05, 4.69) is 38.7 Å². The molecule has 1 aromatic rings. The van der Waals surface area contributed by atoms with E-state index in [9.17, 15) is 0 Å². The van der Waals surface area contributed by atoms with Gasteiger partial charge in [0.25, 0.3) is 0 Å². The molecule has 2 N–H and O–H groups in total. The molecule has 0 unspecified atom stereocenters. The smallest absolute Gasteiger partial charge is 0.0648 e. The number of nitrogen functional groups attached to an aromatic ring is 1. The number of benzene rings is 1. The number of anilines is 2. The van der Waals surface area contributed by atoms with E-state index in [1.807, 2.05) is 18.2 Å². The third kappa shape index (κ3) is 4.96. The number of hydrogen-bond acceptors (Lipinski definition) is 3. The van der Waals surface area contributed by atoms with E-state index in [-0.39, 0.29) is 5.60 Å². The summed E-state index contributed by atoms with van der Waals surface area (Å²) < 4.78 is 5.79. The zero-order valence-electron chi connectivity index (χ0n) is 12.1. The Morgan fingerprint density at radius 1 is 1.17 bits per heavy atom. The van der Waals surface area contributed by atoms with E-state index < -0.39 is 0 Å². The van der Waals surface area contributed by atoms with Gasteiger partial charge < -0.3 is 15.4 Å². The van der Waals surface area contributed by atoms with E-state index in [0.29, 0.717) is 0 Å². The summed E-state index contributed by atoms with van der Waals surface area (Å²) in [6, 6.07) is 8.01. The van der Waals surface area contributed by atoms with Crippen molar-refractivity contribution in [3.05, 3.63) is 24.3 Å². The third-order valence-corrected chi connectivity index (χ3v) is 2.67. The Labute approximate surface area is 111 Å². The van der Waals surface area contributed by atoms with Gasteiger partial charge in [-0.2, -0.15) is 0 Å². The van der Waals surface area contributed by atoms with Crippen molar-refractivity contribution in [3.8, 4) is 0 Å². The Hall–Kier alpha value is -1.22. The topological polar surface area (TPSA) is 38.5 Å². The minimum absolute atomic E-state index is 0.0832. The first kappa shape index (κ1) is 14.8. The number of hydrogen-bond donors (Lipinski definition) is 1. The van der Waals surface area contributed by atoms with Crippen LogP contribution in [0, 0.1) is 0 Å². The highest BCUT2D eigenvalue weighted by molar-refractivity contribution is 5.67. The molecule has 0 saturated carbocycles. The second kappa shape index (κ2) is 6.64. The van der Waals surface area contributed by atoms with Crippen molar-refractivity contribution in [2.75, 3.05) is 30.3 Å². The predicted octanol–water partition coefficient (Wildman–Crippen LogP) is 3.30. The van der Waals surface area contributed by atoms with Crippen molar-refractivity contribution in [2.24, 2.45) is 0 Å². The first-order valence-electron chi connectivity index (χ1n) is 6.67. The first-order chi connectivity index (χ1) is 8.44. The fourth-order valence-corrected chi connectivity index (χ4v) is 1.86. The van der Waals surface area contributed by atoms with Gasteiger partial charge in [-0.25, -0.2) is 0 Å². The fraction of sp³-hybridized carbons (Fsp3) is 0.600. The lowest BCUT2D eigenvalue weighted by atomic mass is 10.2. The molecule has 0 amide bonds. The Morgan fingerprint density at radius 3 is 2.39 bits per heavy atom. The van der Waals surface area contributed by atoms with Crippen molar-refractivity contribution in [1.29, 1.82) is 0 Å². The van der Waals surface area contributed by atoms with E-state index in [1.165, 1.54) is 0 Å². The van der Waals surface area contributed by atoms with Gasteiger partial charge >= 0.3 is 0 Å². The van der Waals surface area contributed by atoms with Crippen LogP contribution < -0.4 is 10.6 Å². The molecule has 0 bridgehead atoms. The van der Waals surface area contributed by atoms with E-state index in [4.69, 9.17) is 10.5 Å². The lowest BCUT2D eigenvalue weighted by Crippen LogP contribution is -2.32. The molecule has 0 aliphatic rings. The van der Waals surface area contributed by atoms with Crippen LogP contribution in [0.1, 0.15) is 34.1 Å². The summed E-state index contributed by atoms with van der Waals surface area (Å²) in [4.78, 5) is 2.29. The normalized spacial score (nSPS) is 11.6. The van der Waals surface area contributed by atoms with Gasteiger partial charge in [-0.15, -0.1) is 0 Å². The average molecular weight is 250 g/mol. The van der Waals surface area contributed by atoms with E-state index in [0.717, 1.165) is 37.5 Å². The Bertz CT molecular complexity index is 358. The van der Waals surface area contributed by atoms with Crippen molar-refractivity contribution in [1.82, 2.24) is 0 Å². The predicted molar refractivity (Wildman–Crippen MR) is 79.1 cm³/mol. The summed E-state index contributed by atoms with van der Waals surface area (Å²) in [5.74, 6) is 0. The standard InChI is InChI=1S/C15H26N2O/c1-5-10-17(11-12-18-15(2,3)4)14-9-7-6-8-13(14)16/h6-9H,5,10-12,16H2,1-4H3. The molecule has 0 radical (unpaired) electrons.